The maximum Gasteiger partial charge on any atom is 0.375 e. The van der Waals surface area contributed by atoms with Crippen LogP contribution in [0.25, 0.3) is 20.4 Å². The van der Waals surface area contributed by atoms with Crippen molar-refractivity contribution < 1.29 is 18.8 Å². The zero-order valence-corrected chi connectivity index (χ0v) is 17.9. The molecule has 0 amide bonds. The molecule has 2 aromatic carbocycles. The standard InChI is InChI=1S/C19H12N2O4S4/c22-15-16(28-18-20-10-5-1-3-7-13(10)26-18)12(25-17(15)23)9-29(24)19-21-11-6-2-4-8-14(11)27-19/h1-8,12,22H,9H2. The largest absolute Gasteiger partial charge is 0.501 e. The number of rotatable bonds is 5. The van der Waals surface area contributed by atoms with E-state index in [2.05, 4.69) is 9.97 Å². The molecule has 0 bridgehead atoms. The number of carbonyl (C=O) groups is 1. The Labute approximate surface area is 179 Å². The SMILES string of the molecule is O=C1OC(CS(=O)c2nc3ccccc3s2)C(Sc2nc3ccccc3s2)=C1O. The number of thiazole rings is 2. The molecule has 0 fully saturated rings. The second-order valence-electron chi connectivity index (χ2n) is 6.12. The predicted molar refractivity (Wildman–Crippen MR) is 116 cm³/mol. The van der Waals surface area contributed by atoms with Gasteiger partial charge in [0.2, 0.25) is 5.76 Å². The lowest BCUT2D eigenvalue weighted by Gasteiger charge is -2.11. The summed E-state index contributed by atoms with van der Waals surface area (Å²) < 4.78 is 21.2. The number of aliphatic hydroxyl groups is 1. The molecule has 10 heteroatoms. The number of fused-ring (bicyclic) bond motifs is 2. The lowest BCUT2D eigenvalue weighted by atomic mass is 10.3. The van der Waals surface area contributed by atoms with Crippen molar-refractivity contribution in [1.29, 1.82) is 0 Å². The minimum absolute atomic E-state index is 0.0306. The third-order valence-corrected chi connectivity index (χ3v) is 9.21. The average molecular weight is 461 g/mol. The number of esters is 1. The third kappa shape index (κ3) is 3.57. The van der Waals surface area contributed by atoms with Crippen molar-refractivity contribution in [2.75, 3.05) is 5.75 Å². The van der Waals surface area contributed by atoms with E-state index in [9.17, 15) is 14.1 Å². The summed E-state index contributed by atoms with van der Waals surface area (Å²) >= 11 is 3.99. The first kappa shape index (κ1) is 18.7. The average Bonchev–Trinajstić information content (AvgIpc) is 3.40. The van der Waals surface area contributed by atoms with Crippen molar-refractivity contribution in [2.24, 2.45) is 0 Å². The molecule has 1 N–H and O–H groups in total. The zero-order valence-electron chi connectivity index (χ0n) is 14.6. The maximum absolute atomic E-state index is 12.9. The monoisotopic (exact) mass is 460 g/mol. The van der Waals surface area contributed by atoms with Crippen molar-refractivity contribution in [3.63, 3.8) is 0 Å². The van der Waals surface area contributed by atoms with Gasteiger partial charge < -0.3 is 9.84 Å². The van der Waals surface area contributed by atoms with Gasteiger partial charge >= 0.3 is 5.97 Å². The molecule has 6 nitrogen and oxygen atoms in total. The second kappa shape index (κ2) is 7.52. The smallest absolute Gasteiger partial charge is 0.375 e. The zero-order chi connectivity index (χ0) is 20.0. The number of carbonyl (C=O) groups excluding carboxylic acids is 1. The molecule has 1 aliphatic rings. The number of cyclic esters (lactones) is 1. The minimum Gasteiger partial charge on any atom is -0.501 e. The molecule has 0 spiro atoms. The summed E-state index contributed by atoms with van der Waals surface area (Å²) in [6.07, 6.45) is -0.799. The fourth-order valence-electron chi connectivity index (χ4n) is 2.86. The summed E-state index contributed by atoms with van der Waals surface area (Å²) in [5.74, 6) is -1.22. The van der Waals surface area contributed by atoms with E-state index in [1.807, 2.05) is 48.5 Å². The van der Waals surface area contributed by atoms with Crippen LogP contribution < -0.4 is 0 Å². The van der Waals surface area contributed by atoms with Gasteiger partial charge in [0.15, 0.2) is 8.68 Å². The fourth-order valence-corrected chi connectivity index (χ4v) is 7.54. The topological polar surface area (TPSA) is 89.4 Å². The molecule has 0 saturated carbocycles. The Morgan fingerprint density at radius 2 is 1.69 bits per heavy atom. The Bertz CT molecular complexity index is 1240. The van der Waals surface area contributed by atoms with Crippen LogP contribution in [0.1, 0.15) is 0 Å². The quantitative estimate of drug-likeness (QED) is 0.439. The van der Waals surface area contributed by atoms with Gasteiger partial charge in [0.25, 0.3) is 0 Å². The molecule has 1 aliphatic heterocycles. The van der Waals surface area contributed by atoms with E-state index in [0.717, 1.165) is 20.4 Å². The van der Waals surface area contributed by atoms with Crippen LogP contribution in [0.3, 0.4) is 0 Å². The van der Waals surface area contributed by atoms with Crippen molar-refractivity contribution >= 4 is 71.6 Å². The Kier molecular flexibility index (Phi) is 4.86. The van der Waals surface area contributed by atoms with Gasteiger partial charge in [0.05, 0.1) is 41.9 Å². The number of hydrogen-bond acceptors (Lipinski definition) is 9. The Morgan fingerprint density at radius 1 is 1.03 bits per heavy atom. The molecular weight excluding hydrogens is 448 g/mol. The van der Waals surface area contributed by atoms with Crippen molar-refractivity contribution in [2.45, 2.75) is 14.8 Å². The number of hydrogen-bond donors (Lipinski definition) is 1. The van der Waals surface area contributed by atoms with Gasteiger partial charge in [-0.2, -0.15) is 0 Å². The third-order valence-electron chi connectivity index (χ3n) is 4.21. The second-order valence-corrected chi connectivity index (χ2v) is 11.1. The number of benzene rings is 2. The Morgan fingerprint density at radius 3 is 2.38 bits per heavy atom. The number of aromatic nitrogens is 2. The van der Waals surface area contributed by atoms with Crippen LogP contribution in [0, 0.1) is 0 Å². The number of nitrogens with zero attached hydrogens (tertiary/aromatic N) is 2. The molecule has 2 unspecified atom stereocenters. The van der Waals surface area contributed by atoms with Gasteiger partial charge in [-0.3, -0.25) is 4.21 Å². The van der Waals surface area contributed by atoms with Crippen LogP contribution in [-0.4, -0.2) is 37.1 Å². The molecule has 0 radical (unpaired) electrons. The van der Waals surface area contributed by atoms with Gasteiger partial charge in [0.1, 0.15) is 6.10 Å². The van der Waals surface area contributed by atoms with E-state index in [4.69, 9.17) is 4.74 Å². The van der Waals surface area contributed by atoms with Crippen LogP contribution in [0.2, 0.25) is 0 Å². The van der Waals surface area contributed by atoms with Gasteiger partial charge in [-0.25, -0.2) is 14.8 Å². The van der Waals surface area contributed by atoms with Crippen LogP contribution >= 0.6 is 34.4 Å². The molecule has 3 heterocycles. The first-order chi connectivity index (χ1) is 14.1. The summed E-state index contributed by atoms with van der Waals surface area (Å²) in [6, 6.07) is 15.3. The van der Waals surface area contributed by atoms with E-state index in [0.29, 0.717) is 13.6 Å². The first-order valence-corrected chi connectivity index (χ1v) is 12.3. The summed E-state index contributed by atoms with van der Waals surface area (Å²) in [6.45, 7) is 0. The van der Waals surface area contributed by atoms with Crippen LogP contribution in [0.15, 0.2) is 67.9 Å². The number of para-hydroxylation sites is 2. The van der Waals surface area contributed by atoms with Crippen LogP contribution in [0.4, 0.5) is 0 Å². The Balaban J connectivity index is 1.39. The summed E-state index contributed by atoms with van der Waals surface area (Å²) in [5, 5.41) is 10.2. The number of ether oxygens (including phenoxy) is 1. The van der Waals surface area contributed by atoms with Crippen molar-refractivity contribution in [3.8, 4) is 0 Å². The molecule has 29 heavy (non-hydrogen) atoms. The summed E-state index contributed by atoms with van der Waals surface area (Å²) in [7, 11) is -1.47. The molecule has 2 aromatic heterocycles. The van der Waals surface area contributed by atoms with E-state index in [1.165, 1.54) is 34.4 Å². The molecule has 0 saturated heterocycles. The highest BCUT2D eigenvalue weighted by molar-refractivity contribution is 8.05. The fraction of sp³-hybridized carbons (Fsp3) is 0.105. The highest BCUT2D eigenvalue weighted by Gasteiger charge is 2.37. The van der Waals surface area contributed by atoms with Gasteiger partial charge in [-0.15, -0.1) is 22.7 Å². The molecule has 2 atom stereocenters. The normalized spacial score (nSPS) is 17.9. The van der Waals surface area contributed by atoms with Gasteiger partial charge in [-0.1, -0.05) is 36.0 Å². The van der Waals surface area contributed by atoms with Crippen LogP contribution in [-0.2, 0) is 20.3 Å². The molecule has 4 aromatic rings. The molecular formula is C19H12N2O4S4. The van der Waals surface area contributed by atoms with E-state index in [1.54, 1.807) is 0 Å². The highest BCUT2D eigenvalue weighted by atomic mass is 32.2. The van der Waals surface area contributed by atoms with E-state index >= 15 is 0 Å². The molecule has 5 rings (SSSR count). The number of thioether (sulfide) groups is 1. The van der Waals surface area contributed by atoms with Gasteiger partial charge in [-0.05, 0) is 24.3 Å². The Hall–Kier alpha value is -2.27. The van der Waals surface area contributed by atoms with Gasteiger partial charge in [0, 0.05) is 0 Å². The number of aliphatic hydroxyl groups excluding tert-OH is 1. The molecule has 146 valence electrons. The maximum atomic E-state index is 12.9. The van der Waals surface area contributed by atoms with E-state index < -0.39 is 28.6 Å². The summed E-state index contributed by atoms with van der Waals surface area (Å²) in [4.78, 5) is 21.2. The first-order valence-electron chi connectivity index (χ1n) is 8.50. The van der Waals surface area contributed by atoms with Crippen molar-refractivity contribution in [1.82, 2.24) is 9.97 Å². The minimum atomic E-state index is -1.47. The lowest BCUT2D eigenvalue weighted by molar-refractivity contribution is -0.141. The highest BCUT2D eigenvalue weighted by Crippen LogP contribution is 2.40. The molecule has 0 aliphatic carbocycles. The predicted octanol–water partition coefficient (Wildman–Crippen LogP) is 4.50. The van der Waals surface area contributed by atoms with E-state index in [-0.39, 0.29) is 5.75 Å². The lowest BCUT2D eigenvalue weighted by Crippen LogP contribution is -2.19. The van der Waals surface area contributed by atoms with Crippen molar-refractivity contribution in [3.05, 3.63) is 59.2 Å². The summed E-state index contributed by atoms with van der Waals surface area (Å²) in [5.41, 5.74) is 1.63. The van der Waals surface area contributed by atoms with Crippen LogP contribution in [0.5, 0.6) is 0 Å².